The van der Waals surface area contributed by atoms with Gasteiger partial charge in [-0.15, -0.1) is 0 Å². The zero-order valence-corrected chi connectivity index (χ0v) is 4.85. The molecule has 0 N–H and O–H groups in total. The summed E-state index contributed by atoms with van der Waals surface area (Å²) in [5, 5.41) is 0. The third-order valence-electron chi connectivity index (χ3n) is 1.02. The van der Waals surface area contributed by atoms with Crippen molar-refractivity contribution in [2.24, 2.45) is 0 Å². The van der Waals surface area contributed by atoms with Crippen LogP contribution in [0.4, 0.5) is 0 Å². The molecule has 1 radical (unpaired) electrons. The fourth-order valence-electron chi connectivity index (χ4n) is 0.565. The van der Waals surface area contributed by atoms with Crippen LogP contribution in [0, 0.1) is 5.92 Å². The molecule has 0 aromatic heterocycles. The van der Waals surface area contributed by atoms with Gasteiger partial charge in [0, 0.05) is 0 Å². The van der Waals surface area contributed by atoms with E-state index in [0.717, 1.165) is 0 Å². The lowest BCUT2D eigenvalue weighted by Gasteiger charge is -1.89. The van der Waals surface area contributed by atoms with Crippen LogP contribution in [0.25, 0.3) is 0 Å². The molecule has 0 unspecified atom stereocenters. The lowest BCUT2D eigenvalue weighted by atomic mass is 10.2. The summed E-state index contributed by atoms with van der Waals surface area (Å²) in [4.78, 5) is 0. The summed E-state index contributed by atoms with van der Waals surface area (Å²) >= 11 is 2.05. The van der Waals surface area contributed by atoms with Crippen LogP contribution in [0.5, 0.6) is 0 Å². The maximum atomic E-state index is 2.24. The van der Waals surface area contributed by atoms with Gasteiger partial charge in [0.05, 0.1) is 0 Å². The van der Waals surface area contributed by atoms with E-state index in [4.69, 9.17) is 0 Å². The Bertz CT molecular complexity index is 37.2. The summed E-state index contributed by atoms with van der Waals surface area (Å²) in [7, 11) is 0. The molecule has 1 heteroatoms. The Morgan fingerprint density at radius 3 is 2.67 bits per heavy atom. The molecule has 0 aliphatic carbocycles. The largest absolute Gasteiger partial charge is 0.161 e. The molecular formula is C5H9S. The first-order valence-electron chi connectivity index (χ1n) is 2.28. The molecule has 35 valence electrons. The fourth-order valence-corrected chi connectivity index (χ4v) is 1.69. The summed E-state index contributed by atoms with van der Waals surface area (Å²) in [6.07, 6.45) is 1.37. The summed E-state index contributed by atoms with van der Waals surface area (Å²) in [5.41, 5.74) is 0. The predicted octanol–water partition coefficient (Wildman–Crippen LogP) is 1.72. The average Bonchev–Trinajstić information content (AvgIpc) is 1.86. The lowest BCUT2D eigenvalue weighted by Crippen LogP contribution is -1.82. The number of thioether (sulfide) groups is 1. The first kappa shape index (κ1) is 4.51. The Kier molecular flexibility index (Phi) is 1.41. The van der Waals surface area contributed by atoms with E-state index in [1.165, 1.54) is 17.9 Å². The molecule has 0 aromatic rings. The molecule has 1 aliphatic heterocycles. The monoisotopic (exact) mass is 101 g/mol. The molecular weight excluding hydrogens is 92.1 g/mol. The van der Waals surface area contributed by atoms with Crippen molar-refractivity contribution in [3.63, 3.8) is 0 Å². The highest BCUT2D eigenvalue weighted by molar-refractivity contribution is 7.99. The van der Waals surface area contributed by atoms with Crippen molar-refractivity contribution in [2.75, 3.05) is 11.5 Å². The van der Waals surface area contributed by atoms with Gasteiger partial charge in [-0.2, -0.15) is 11.8 Å². The smallest absolute Gasteiger partial charge is 0.000763 e. The number of hydrogen-bond acceptors (Lipinski definition) is 1. The van der Waals surface area contributed by atoms with Gasteiger partial charge in [-0.1, -0.05) is 6.92 Å². The quantitative estimate of drug-likeness (QED) is 0.447. The zero-order chi connectivity index (χ0) is 4.41. The maximum absolute atomic E-state index is 2.24. The average molecular weight is 101 g/mol. The number of rotatable bonds is 0. The van der Waals surface area contributed by atoms with Gasteiger partial charge in [-0.25, -0.2) is 0 Å². The van der Waals surface area contributed by atoms with Crippen LogP contribution < -0.4 is 0 Å². The lowest BCUT2D eigenvalue weighted by molar-refractivity contribution is 0.981. The highest BCUT2D eigenvalue weighted by atomic mass is 32.2. The molecule has 6 heavy (non-hydrogen) atoms. The van der Waals surface area contributed by atoms with E-state index in [2.05, 4.69) is 6.92 Å². The minimum Gasteiger partial charge on any atom is -0.161 e. The van der Waals surface area contributed by atoms with E-state index < -0.39 is 0 Å². The molecule has 1 rings (SSSR count). The van der Waals surface area contributed by atoms with Gasteiger partial charge in [0.1, 0.15) is 0 Å². The van der Waals surface area contributed by atoms with E-state index in [9.17, 15) is 0 Å². The third kappa shape index (κ3) is 0.904. The Morgan fingerprint density at radius 2 is 2.50 bits per heavy atom. The summed E-state index contributed by atoms with van der Waals surface area (Å²) < 4.78 is 0. The Labute approximate surface area is 43.3 Å². The second-order valence-electron chi connectivity index (χ2n) is 1.76. The van der Waals surface area contributed by atoms with Gasteiger partial charge in [-0.05, 0) is 23.8 Å². The van der Waals surface area contributed by atoms with Gasteiger partial charge in [0.15, 0.2) is 0 Å². The summed E-state index contributed by atoms with van der Waals surface area (Å²) in [6, 6.07) is 0. The van der Waals surface area contributed by atoms with Crippen LogP contribution in [0.15, 0.2) is 0 Å². The number of hydrogen-bond donors (Lipinski definition) is 0. The normalized spacial score (nSPS) is 25.5. The molecule has 0 nitrogen and oxygen atoms in total. The summed E-state index contributed by atoms with van der Waals surface area (Å²) in [6.45, 7) is 2.24. The van der Waals surface area contributed by atoms with Crippen LogP contribution >= 0.6 is 11.8 Å². The second kappa shape index (κ2) is 1.87. The van der Waals surface area contributed by atoms with Gasteiger partial charge < -0.3 is 0 Å². The minimum atomic E-state index is 1.32. The van der Waals surface area contributed by atoms with E-state index in [-0.39, 0.29) is 0 Å². The first-order chi connectivity index (χ1) is 2.89. The van der Waals surface area contributed by atoms with E-state index in [0.29, 0.717) is 0 Å². The van der Waals surface area contributed by atoms with Crippen molar-refractivity contribution in [3.8, 4) is 0 Å². The molecule has 0 aromatic carbocycles. The Hall–Kier alpha value is 0.350. The van der Waals surface area contributed by atoms with E-state index in [1.807, 2.05) is 11.8 Å². The summed E-state index contributed by atoms with van der Waals surface area (Å²) in [5.74, 6) is 4.35. The minimum absolute atomic E-state index is 1.32. The van der Waals surface area contributed by atoms with Crippen molar-refractivity contribution < 1.29 is 0 Å². The Morgan fingerprint density at radius 1 is 1.67 bits per heavy atom. The molecule has 0 amide bonds. The van der Waals surface area contributed by atoms with E-state index in [1.54, 1.807) is 5.92 Å². The molecule has 0 spiro atoms. The fraction of sp³-hybridized carbons (Fsp3) is 0.800. The molecule has 1 heterocycles. The Balaban J connectivity index is 2.18. The van der Waals surface area contributed by atoms with E-state index >= 15 is 0 Å². The standard InChI is InChI=1S/C5H9S/c1-5-2-3-6-4-5/h2-4H2,1H3. The highest BCUT2D eigenvalue weighted by Gasteiger charge is 2.08. The maximum Gasteiger partial charge on any atom is -0.000763 e. The van der Waals surface area contributed by atoms with Gasteiger partial charge in [0.2, 0.25) is 0 Å². The van der Waals surface area contributed by atoms with Crippen LogP contribution in [0.1, 0.15) is 13.3 Å². The van der Waals surface area contributed by atoms with Crippen LogP contribution in [-0.4, -0.2) is 11.5 Å². The SMILES string of the molecule is C[C]1CCSC1. The zero-order valence-electron chi connectivity index (χ0n) is 4.03. The molecule has 0 bridgehead atoms. The molecule has 1 fully saturated rings. The van der Waals surface area contributed by atoms with Gasteiger partial charge in [0.25, 0.3) is 0 Å². The van der Waals surface area contributed by atoms with Gasteiger partial charge >= 0.3 is 0 Å². The highest BCUT2D eigenvalue weighted by Crippen LogP contribution is 2.23. The molecule has 1 aliphatic rings. The van der Waals surface area contributed by atoms with Crippen LogP contribution in [-0.2, 0) is 0 Å². The van der Waals surface area contributed by atoms with Crippen molar-refractivity contribution in [3.05, 3.63) is 5.92 Å². The van der Waals surface area contributed by atoms with Gasteiger partial charge in [-0.3, -0.25) is 0 Å². The molecule has 1 saturated heterocycles. The molecule has 0 atom stereocenters. The van der Waals surface area contributed by atoms with Crippen LogP contribution in [0.3, 0.4) is 0 Å². The molecule has 0 saturated carbocycles. The first-order valence-corrected chi connectivity index (χ1v) is 3.44. The predicted molar refractivity (Wildman–Crippen MR) is 30.9 cm³/mol. The topological polar surface area (TPSA) is 0 Å². The van der Waals surface area contributed by atoms with Crippen LogP contribution in [0.2, 0.25) is 0 Å². The van der Waals surface area contributed by atoms with Crippen molar-refractivity contribution in [2.45, 2.75) is 13.3 Å². The van der Waals surface area contributed by atoms with Crippen molar-refractivity contribution >= 4 is 11.8 Å². The second-order valence-corrected chi connectivity index (χ2v) is 2.86. The third-order valence-corrected chi connectivity index (χ3v) is 2.21. The van der Waals surface area contributed by atoms with Crippen molar-refractivity contribution in [1.82, 2.24) is 0 Å². The van der Waals surface area contributed by atoms with Crippen molar-refractivity contribution in [1.29, 1.82) is 0 Å².